The van der Waals surface area contributed by atoms with Crippen LogP contribution in [0, 0.1) is 11.6 Å². The monoisotopic (exact) mass is 288 g/mol. The van der Waals surface area contributed by atoms with Gasteiger partial charge in [0, 0.05) is 11.0 Å². The Labute approximate surface area is 120 Å². The van der Waals surface area contributed by atoms with Crippen molar-refractivity contribution in [2.45, 2.75) is 18.5 Å². The molecule has 0 aliphatic carbocycles. The van der Waals surface area contributed by atoms with E-state index in [0.717, 1.165) is 0 Å². The van der Waals surface area contributed by atoms with Gasteiger partial charge in [-0.3, -0.25) is 0 Å². The molecule has 2 rings (SSSR count). The molecule has 108 valence electrons. The van der Waals surface area contributed by atoms with Crippen molar-refractivity contribution in [2.75, 3.05) is 0 Å². The molecule has 6 heteroatoms. The fourth-order valence-electron chi connectivity index (χ4n) is 2.38. The van der Waals surface area contributed by atoms with Crippen molar-refractivity contribution in [1.82, 2.24) is 0 Å². The average molecular weight is 288 g/mol. The van der Waals surface area contributed by atoms with Crippen LogP contribution in [0.3, 0.4) is 0 Å². The van der Waals surface area contributed by atoms with Crippen LogP contribution in [-0.2, 0) is 5.54 Å². The minimum absolute atomic E-state index is 0.405. The van der Waals surface area contributed by atoms with Crippen molar-refractivity contribution >= 4 is 0 Å². The number of nitrogens with two attached hydrogens (primary N) is 1. The van der Waals surface area contributed by atoms with Crippen LogP contribution in [-0.4, -0.2) is 6.04 Å². The van der Waals surface area contributed by atoms with Crippen molar-refractivity contribution in [3.63, 3.8) is 0 Å². The van der Waals surface area contributed by atoms with E-state index in [1.807, 2.05) is 0 Å². The lowest BCUT2D eigenvalue weighted by Crippen LogP contribution is -2.42. The third-order valence-corrected chi connectivity index (χ3v) is 3.43. The maximum absolute atomic E-state index is 13.1. The van der Waals surface area contributed by atoms with Crippen molar-refractivity contribution in [1.29, 1.82) is 0 Å². The Morgan fingerprint density at radius 2 is 1.38 bits per heavy atom. The lowest BCUT2D eigenvalue weighted by atomic mass is 9.78. The molecule has 0 spiro atoms. The normalized spacial score (nSPS) is 12.6. The van der Waals surface area contributed by atoms with Gasteiger partial charge in [-0.1, -0.05) is 29.4 Å². The molecule has 4 nitrogen and oxygen atoms in total. The van der Waals surface area contributed by atoms with Gasteiger partial charge in [0.2, 0.25) is 0 Å². The molecule has 2 N–H and O–H groups in total. The highest BCUT2D eigenvalue weighted by Gasteiger charge is 2.37. The largest absolute Gasteiger partial charge is 0.327 e. The summed E-state index contributed by atoms with van der Waals surface area (Å²) >= 11 is 0. The number of hydrogen-bond acceptors (Lipinski definition) is 2. The van der Waals surface area contributed by atoms with Gasteiger partial charge in [0.25, 0.3) is 0 Å². The Morgan fingerprint density at radius 1 is 1.00 bits per heavy atom. The second-order valence-electron chi connectivity index (χ2n) is 4.76. The first-order valence-electron chi connectivity index (χ1n) is 6.34. The van der Waals surface area contributed by atoms with Crippen LogP contribution in [0.2, 0.25) is 0 Å². The zero-order chi connectivity index (χ0) is 15.5. The first-order valence-corrected chi connectivity index (χ1v) is 6.34. The van der Waals surface area contributed by atoms with Crippen molar-refractivity contribution in [3.8, 4) is 0 Å². The third-order valence-electron chi connectivity index (χ3n) is 3.43. The summed E-state index contributed by atoms with van der Waals surface area (Å²) in [7, 11) is 0. The quantitative estimate of drug-likeness (QED) is 0.517. The smallest absolute Gasteiger partial charge is 0.123 e. The molecule has 0 heterocycles. The number of rotatable bonds is 4. The molecule has 0 fully saturated rings. The van der Waals surface area contributed by atoms with Crippen LogP contribution in [0.25, 0.3) is 10.4 Å². The van der Waals surface area contributed by atoms with E-state index in [0.29, 0.717) is 11.1 Å². The minimum atomic E-state index is -1.23. The maximum atomic E-state index is 13.1. The summed E-state index contributed by atoms with van der Waals surface area (Å²) in [5.41, 5.74) is 14.8. The SMILES string of the molecule is CC(N)C(N=[N+]=[N-])(c1ccc(F)cc1)c1ccc(F)cc1. The molecule has 0 amide bonds. The van der Waals surface area contributed by atoms with Crippen molar-refractivity contribution in [2.24, 2.45) is 10.8 Å². The lowest BCUT2D eigenvalue weighted by molar-refractivity contribution is 0.442. The van der Waals surface area contributed by atoms with Crippen LogP contribution >= 0.6 is 0 Å². The van der Waals surface area contributed by atoms with E-state index >= 15 is 0 Å². The second-order valence-corrected chi connectivity index (χ2v) is 4.76. The third kappa shape index (κ3) is 2.72. The Hall–Kier alpha value is -2.43. The number of azide groups is 1. The molecule has 0 aliphatic rings. The van der Waals surface area contributed by atoms with Gasteiger partial charge in [0.15, 0.2) is 0 Å². The van der Waals surface area contributed by atoms with Gasteiger partial charge in [-0.2, -0.15) is 0 Å². The molecule has 0 saturated carbocycles. The van der Waals surface area contributed by atoms with Crippen LogP contribution in [0.4, 0.5) is 8.78 Å². The number of nitrogens with zero attached hydrogens (tertiary/aromatic N) is 3. The summed E-state index contributed by atoms with van der Waals surface area (Å²) in [5, 5.41) is 3.87. The molecular formula is C15H14F2N4. The van der Waals surface area contributed by atoms with E-state index in [1.165, 1.54) is 48.5 Å². The van der Waals surface area contributed by atoms with Gasteiger partial charge in [0.1, 0.15) is 17.2 Å². The van der Waals surface area contributed by atoms with E-state index in [9.17, 15) is 8.78 Å². The van der Waals surface area contributed by atoms with Gasteiger partial charge < -0.3 is 5.73 Å². The Balaban J connectivity index is 2.71. The number of hydrogen-bond donors (Lipinski definition) is 1. The van der Waals surface area contributed by atoms with Gasteiger partial charge in [-0.25, -0.2) is 8.78 Å². The predicted octanol–water partition coefficient (Wildman–Crippen LogP) is 3.87. The molecule has 2 aromatic carbocycles. The fraction of sp³-hybridized carbons (Fsp3) is 0.200. The van der Waals surface area contributed by atoms with E-state index in [-0.39, 0.29) is 0 Å². The molecule has 0 radical (unpaired) electrons. The highest BCUT2D eigenvalue weighted by Crippen LogP contribution is 2.37. The standard InChI is InChI=1S/C15H14F2N4/c1-10(18)15(20-21-19,11-2-6-13(16)7-3-11)12-4-8-14(17)9-5-12/h2-10H,18H2,1H3. The second kappa shape index (κ2) is 5.91. The Kier molecular flexibility index (Phi) is 4.21. The van der Waals surface area contributed by atoms with Crippen LogP contribution in [0.5, 0.6) is 0 Å². The molecule has 2 aromatic rings. The molecule has 0 aliphatic heterocycles. The van der Waals surface area contributed by atoms with Crippen LogP contribution < -0.4 is 5.73 Å². The van der Waals surface area contributed by atoms with E-state index in [4.69, 9.17) is 11.3 Å². The van der Waals surface area contributed by atoms with Gasteiger partial charge >= 0.3 is 0 Å². The van der Waals surface area contributed by atoms with E-state index in [2.05, 4.69) is 10.0 Å². The van der Waals surface area contributed by atoms with Gasteiger partial charge in [-0.05, 0) is 47.8 Å². The summed E-state index contributed by atoms with van der Waals surface area (Å²) in [6.07, 6.45) is 0. The minimum Gasteiger partial charge on any atom is -0.327 e. The highest BCUT2D eigenvalue weighted by atomic mass is 19.1. The summed E-state index contributed by atoms with van der Waals surface area (Å²) < 4.78 is 26.3. The van der Waals surface area contributed by atoms with Crippen LogP contribution in [0.15, 0.2) is 53.6 Å². The molecule has 0 bridgehead atoms. The molecule has 21 heavy (non-hydrogen) atoms. The van der Waals surface area contributed by atoms with Gasteiger partial charge in [0.05, 0.1) is 0 Å². The topological polar surface area (TPSA) is 74.8 Å². The number of benzene rings is 2. The van der Waals surface area contributed by atoms with Crippen molar-refractivity contribution < 1.29 is 8.78 Å². The Bertz CT molecular complexity index is 614. The molecule has 1 unspecified atom stereocenters. The maximum Gasteiger partial charge on any atom is 0.123 e. The Morgan fingerprint density at radius 3 is 1.67 bits per heavy atom. The first kappa shape index (κ1) is 15.0. The fourth-order valence-corrected chi connectivity index (χ4v) is 2.38. The van der Waals surface area contributed by atoms with Crippen molar-refractivity contribution in [3.05, 3.63) is 81.7 Å². The predicted molar refractivity (Wildman–Crippen MR) is 76.4 cm³/mol. The summed E-state index contributed by atoms with van der Waals surface area (Å²) in [5.74, 6) is -0.810. The summed E-state index contributed by atoms with van der Waals surface area (Å²) in [6, 6.07) is 10.5. The zero-order valence-electron chi connectivity index (χ0n) is 11.4. The number of halogens is 2. The van der Waals surface area contributed by atoms with Gasteiger partial charge in [-0.15, -0.1) is 0 Å². The summed E-state index contributed by atoms with van der Waals surface area (Å²) in [6.45, 7) is 1.68. The van der Waals surface area contributed by atoms with Crippen LogP contribution in [0.1, 0.15) is 18.1 Å². The zero-order valence-corrected chi connectivity index (χ0v) is 11.4. The van der Waals surface area contributed by atoms with E-state index in [1.54, 1.807) is 6.92 Å². The molecule has 0 saturated heterocycles. The summed E-state index contributed by atoms with van der Waals surface area (Å²) in [4.78, 5) is 2.88. The highest BCUT2D eigenvalue weighted by molar-refractivity contribution is 5.41. The lowest BCUT2D eigenvalue weighted by Gasteiger charge is -2.34. The molecule has 1 atom stereocenters. The van der Waals surface area contributed by atoms with E-state index < -0.39 is 23.2 Å². The first-order chi connectivity index (χ1) is 10.0. The molecular weight excluding hydrogens is 274 g/mol. The average Bonchev–Trinajstić information content (AvgIpc) is 2.46. The molecule has 0 aromatic heterocycles.